The Morgan fingerprint density at radius 2 is 1.90 bits per heavy atom. The van der Waals surface area contributed by atoms with Crippen LogP contribution in [0.4, 0.5) is 0 Å². The van der Waals surface area contributed by atoms with E-state index in [-0.39, 0.29) is 15.5 Å². The van der Waals surface area contributed by atoms with Gasteiger partial charge in [-0.05, 0) is 32.4 Å². The predicted molar refractivity (Wildman–Crippen MR) is 81.0 cm³/mol. The van der Waals surface area contributed by atoms with E-state index in [0.29, 0.717) is 6.42 Å². The van der Waals surface area contributed by atoms with Gasteiger partial charge in [-0.15, -0.1) is 0 Å². The summed E-state index contributed by atoms with van der Waals surface area (Å²) in [6, 6.07) is 4.18. The molecule has 1 aromatic carbocycles. The van der Waals surface area contributed by atoms with Gasteiger partial charge in [-0.2, -0.15) is 0 Å². The molecule has 0 aromatic heterocycles. The molecule has 0 aliphatic rings. The highest BCUT2D eigenvalue weighted by Crippen LogP contribution is 2.30. The minimum atomic E-state index is -4.05. The Labute approximate surface area is 129 Å². The number of carbonyl (C=O) groups excluding carboxylic acids is 1. The van der Waals surface area contributed by atoms with Gasteiger partial charge in [0.15, 0.2) is 0 Å². The van der Waals surface area contributed by atoms with Crippen molar-refractivity contribution < 1.29 is 13.2 Å². The molecule has 1 aromatic rings. The lowest BCUT2D eigenvalue weighted by Gasteiger charge is -2.35. The minimum Gasteiger partial charge on any atom is -0.337 e. The van der Waals surface area contributed by atoms with Gasteiger partial charge in [-0.1, -0.05) is 24.6 Å². The Morgan fingerprint density at radius 1 is 1.35 bits per heavy atom. The van der Waals surface area contributed by atoms with Crippen molar-refractivity contribution in [1.82, 2.24) is 4.90 Å². The molecule has 7 heteroatoms. The van der Waals surface area contributed by atoms with E-state index >= 15 is 0 Å². The van der Waals surface area contributed by atoms with Crippen molar-refractivity contribution in [3.8, 4) is 0 Å². The van der Waals surface area contributed by atoms with Crippen molar-refractivity contribution in [3.63, 3.8) is 0 Å². The number of hydrogen-bond acceptors (Lipinski definition) is 3. The van der Waals surface area contributed by atoms with Crippen LogP contribution in [0.1, 0.15) is 37.6 Å². The molecule has 0 saturated carbocycles. The summed E-state index contributed by atoms with van der Waals surface area (Å²) in [5.41, 5.74) is -0.517. The molecule has 0 radical (unpaired) electrons. The second-order valence-electron chi connectivity index (χ2n) is 5.08. The molecule has 1 amide bonds. The predicted octanol–water partition coefficient (Wildman–Crippen LogP) is 3.53. The minimum absolute atomic E-state index is 0.0653. The summed E-state index contributed by atoms with van der Waals surface area (Å²) in [7, 11) is 2.94. The number of amides is 1. The molecular weight excluding hydrogens is 321 g/mol. The lowest BCUT2D eigenvalue weighted by Crippen LogP contribution is -2.44. The largest absolute Gasteiger partial charge is 0.337 e. The monoisotopic (exact) mass is 337 g/mol. The number of nitrogens with zero attached hydrogens (tertiary/aromatic N) is 1. The maximum absolute atomic E-state index is 12.6. The van der Waals surface area contributed by atoms with Crippen LogP contribution in [0.2, 0.25) is 5.02 Å². The number of halogens is 2. The molecule has 4 nitrogen and oxygen atoms in total. The number of benzene rings is 1. The fourth-order valence-electron chi connectivity index (χ4n) is 1.59. The van der Waals surface area contributed by atoms with E-state index in [1.807, 2.05) is 20.8 Å². The molecule has 0 atom stereocenters. The van der Waals surface area contributed by atoms with Gasteiger partial charge in [0, 0.05) is 23.3 Å². The van der Waals surface area contributed by atoms with E-state index in [1.165, 1.54) is 23.1 Å². The van der Waals surface area contributed by atoms with Gasteiger partial charge >= 0.3 is 0 Å². The Morgan fingerprint density at radius 3 is 2.35 bits per heavy atom. The molecule has 0 bridgehead atoms. The van der Waals surface area contributed by atoms with Crippen LogP contribution in [0, 0.1) is 0 Å². The van der Waals surface area contributed by atoms with Gasteiger partial charge in [0.2, 0.25) is 0 Å². The average Bonchev–Trinajstić information content (AvgIpc) is 2.35. The zero-order valence-electron chi connectivity index (χ0n) is 11.8. The molecule has 0 fully saturated rings. The van der Waals surface area contributed by atoms with Crippen molar-refractivity contribution >= 4 is 37.2 Å². The van der Waals surface area contributed by atoms with E-state index in [1.54, 1.807) is 7.05 Å². The van der Waals surface area contributed by atoms with E-state index in [2.05, 4.69) is 0 Å². The maximum atomic E-state index is 12.6. The summed E-state index contributed by atoms with van der Waals surface area (Å²) >= 11 is 6.00. The second kappa shape index (κ2) is 5.92. The van der Waals surface area contributed by atoms with Crippen molar-refractivity contribution in [1.29, 1.82) is 0 Å². The second-order valence-corrected chi connectivity index (χ2v) is 8.02. The molecule has 0 unspecified atom stereocenters. The zero-order chi connectivity index (χ0) is 15.7. The molecule has 0 aliphatic carbocycles. The molecular formula is C13H17Cl2NO3S. The maximum Gasteiger partial charge on any atom is 0.262 e. The Bertz CT molecular complexity index is 627. The van der Waals surface area contributed by atoms with E-state index in [9.17, 15) is 13.2 Å². The number of hydrogen-bond donors (Lipinski definition) is 0. The Balaban J connectivity index is 3.45. The van der Waals surface area contributed by atoms with Gasteiger partial charge in [0.1, 0.15) is 0 Å². The first-order valence-corrected chi connectivity index (χ1v) is 8.72. The van der Waals surface area contributed by atoms with Crippen molar-refractivity contribution in [3.05, 3.63) is 28.8 Å². The summed E-state index contributed by atoms with van der Waals surface area (Å²) in [6.45, 7) is 5.71. The third-order valence-electron chi connectivity index (χ3n) is 3.53. The zero-order valence-corrected chi connectivity index (χ0v) is 14.1. The Kier molecular flexibility index (Phi) is 5.11. The van der Waals surface area contributed by atoms with Crippen molar-refractivity contribution in [2.45, 2.75) is 37.6 Å². The quantitative estimate of drug-likeness (QED) is 0.789. The third kappa shape index (κ3) is 3.45. The smallest absolute Gasteiger partial charge is 0.262 e. The normalized spacial score (nSPS) is 12.3. The summed E-state index contributed by atoms with van der Waals surface area (Å²) in [5.74, 6) is -0.471. The number of rotatable bonds is 4. The summed E-state index contributed by atoms with van der Waals surface area (Å²) in [5, 5.41) is 0.0653. The molecule has 0 spiro atoms. The van der Waals surface area contributed by atoms with Gasteiger partial charge in [0.05, 0.1) is 15.5 Å². The summed E-state index contributed by atoms with van der Waals surface area (Å²) in [4.78, 5) is 13.8. The van der Waals surface area contributed by atoms with Gasteiger partial charge in [-0.25, -0.2) is 8.42 Å². The molecule has 1 rings (SSSR count). The molecule has 112 valence electrons. The highest BCUT2D eigenvalue weighted by Gasteiger charge is 2.31. The highest BCUT2D eigenvalue weighted by atomic mass is 35.7. The van der Waals surface area contributed by atoms with Crippen molar-refractivity contribution in [2.75, 3.05) is 7.05 Å². The average molecular weight is 338 g/mol. The lowest BCUT2D eigenvalue weighted by atomic mass is 9.99. The first-order chi connectivity index (χ1) is 9.02. The standard InChI is InChI=1S/C13H17Cl2NO3S/c1-5-13(2,3)16(4)12(17)11-9(14)7-6-8-10(11)20(15,18)19/h6-8H,5H2,1-4H3. The topological polar surface area (TPSA) is 54.5 Å². The number of carbonyl (C=O) groups is 1. The van der Waals surface area contributed by atoms with Crippen LogP contribution >= 0.6 is 22.3 Å². The summed E-state index contributed by atoms with van der Waals surface area (Å²) in [6.07, 6.45) is 0.711. The molecule has 20 heavy (non-hydrogen) atoms. The highest BCUT2D eigenvalue weighted by molar-refractivity contribution is 8.13. The third-order valence-corrected chi connectivity index (χ3v) is 5.21. The van der Waals surface area contributed by atoms with Crippen LogP contribution < -0.4 is 0 Å². The van der Waals surface area contributed by atoms with Gasteiger partial charge < -0.3 is 4.90 Å². The molecule has 0 saturated heterocycles. The van der Waals surface area contributed by atoms with Crippen LogP contribution in [-0.4, -0.2) is 31.8 Å². The summed E-state index contributed by atoms with van der Waals surface area (Å²) < 4.78 is 23.2. The van der Waals surface area contributed by atoms with Gasteiger partial charge in [0.25, 0.3) is 15.0 Å². The lowest BCUT2D eigenvalue weighted by molar-refractivity contribution is 0.0616. The van der Waals surface area contributed by atoms with Crippen LogP contribution in [0.15, 0.2) is 23.1 Å². The molecule has 0 heterocycles. The first kappa shape index (κ1) is 17.3. The molecule has 0 N–H and O–H groups in total. The van der Waals surface area contributed by atoms with E-state index in [0.717, 1.165) is 0 Å². The van der Waals surface area contributed by atoms with Crippen LogP contribution in [0.3, 0.4) is 0 Å². The van der Waals surface area contributed by atoms with E-state index in [4.69, 9.17) is 22.3 Å². The first-order valence-electron chi connectivity index (χ1n) is 6.03. The molecule has 0 aliphatic heterocycles. The fraction of sp³-hybridized carbons (Fsp3) is 0.462. The van der Waals surface area contributed by atoms with E-state index < -0.39 is 20.5 Å². The van der Waals surface area contributed by atoms with Gasteiger partial charge in [-0.3, -0.25) is 4.79 Å². The van der Waals surface area contributed by atoms with Crippen LogP contribution in [-0.2, 0) is 9.05 Å². The fourth-order valence-corrected chi connectivity index (χ4v) is 2.97. The van der Waals surface area contributed by atoms with Crippen LogP contribution in [0.25, 0.3) is 0 Å². The van der Waals surface area contributed by atoms with Crippen molar-refractivity contribution in [2.24, 2.45) is 0 Å². The SMILES string of the molecule is CCC(C)(C)N(C)C(=O)c1c(Cl)cccc1S(=O)(=O)Cl. The Hall–Kier alpha value is -0.780. The van der Waals surface area contributed by atoms with Crippen LogP contribution in [0.5, 0.6) is 0 Å².